The minimum Gasteiger partial charge on any atom is -0.504 e. The molecule has 0 atom stereocenters. The molecule has 0 aromatic carbocycles. The van der Waals surface area contributed by atoms with Crippen molar-refractivity contribution in [3.63, 3.8) is 0 Å². The predicted octanol–water partition coefficient (Wildman–Crippen LogP) is 4.10. The number of allylic oxidation sites excluding steroid dienone is 4. The third kappa shape index (κ3) is 9.96. The first kappa shape index (κ1) is 27.0. The second-order valence-electron chi connectivity index (χ2n) is 6.44. The summed E-state index contributed by atoms with van der Waals surface area (Å²) in [6.45, 7) is 12.1. The van der Waals surface area contributed by atoms with Gasteiger partial charge in [-0.05, 0) is 50.0 Å². The molecular weight excluding hydrogens is 380 g/mol. The molecule has 0 heterocycles. The zero-order chi connectivity index (χ0) is 22.9. The van der Waals surface area contributed by atoms with Crippen LogP contribution in [-0.4, -0.2) is 39.1 Å². The van der Waals surface area contributed by atoms with Crippen molar-refractivity contribution in [3.8, 4) is 0 Å². The molecule has 0 saturated heterocycles. The van der Waals surface area contributed by atoms with E-state index in [4.69, 9.17) is 9.47 Å². The van der Waals surface area contributed by atoms with Gasteiger partial charge >= 0.3 is 0 Å². The summed E-state index contributed by atoms with van der Waals surface area (Å²) in [7, 11) is 3.13. The fraction of sp³-hybridized carbons (Fsp3) is 0.417. The molecule has 0 aromatic rings. The third-order valence-corrected chi connectivity index (χ3v) is 4.19. The number of carbonyl (C=O) groups excluding carboxylic acids is 2. The fourth-order valence-corrected chi connectivity index (χ4v) is 2.61. The molecule has 0 rings (SSSR count). The van der Waals surface area contributed by atoms with Gasteiger partial charge in [0.05, 0.1) is 27.0 Å². The van der Waals surface area contributed by atoms with E-state index >= 15 is 0 Å². The average molecular weight is 417 g/mol. The first-order valence-corrected chi connectivity index (χ1v) is 10.0. The third-order valence-electron chi connectivity index (χ3n) is 4.19. The summed E-state index contributed by atoms with van der Waals surface area (Å²) in [6, 6.07) is 0. The van der Waals surface area contributed by atoms with E-state index in [2.05, 4.69) is 17.2 Å². The lowest BCUT2D eigenvalue weighted by Crippen LogP contribution is -2.30. The summed E-state index contributed by atoms with van der Waals surface area (Å²) in [5.74, 6) is 0.0767. The topological polar surface area (TPSA) is 76.7 Å². The first-order chi connectivity index (χ1) is 14.3. The van der Waals surface area contributed by atoms with Gasteiger partial charge < -0.3 is 20.1 Å². The van der Waals surface area contributed by atoms with Gasteiger partial charge in [0, 0.05) is 17.7 Å². The normalized spacial score (nSPS) is 13.3. The van der Waals surface area contributed by atoms with Gasteiger partial charge in [-0.15, -0.1) is 0 Å². The van der Waals surface area contributed by atoms with Gasteiger partial charge in [-0.1, -0.05) is 38.7 Å². The number of methoxy groups -OCH3 is 2. The first-order valence-electron chi connectivity index (χ1n) is 10.0. The highest BCUT2D eigenvalue weighted by Gasteiger charge is 2.19. The molecule has 0 aromatic heterocycles. The summed E-state index contributed by atoms with van der Waals surface area (Å²) >= 11 is 0. The van der Waals surface area contributed by atoms with Crippen LogP contribution in [0, 0.1) is 0 Å². The van der Waals surface area contributed by atoms with Gasteiger partial charge in [0.2, 0.25) is 0 Å². The maximum Gasteiger partial charge on any atom is 0.252 e. The number of hydrogen-bond acceptors (Lipinski definition) is 4. The Morgan fingerprint density at radius 1 is 0.967 bits per heavy atom. The molecule has 0 aliphatic heterocycles. The molecule has 2 amide bonds. The van der Waals surface area contributed by atoms with Crippen LogP contribution in [0.15, 0.2) is 71.3 Å². The van der Waals surface area contributed by atoms with Crippen LogP contribution in [0.2, 0.25) is 0 Å². The number of carbonyl (C=O) groups is 2. The molecule has 6 heteroatoms. The molecule has 0 fully saturated rings. The monoisotopic (exact) mass is 416 g/mol. The Morgan fingerprint density at radius 2 is 1.63 bits per heavy atom. The molecule has 2 N–H and O–H groups in total. The summed E-state index contributed by atoms with van der Waals surface area (Å²) in [5.41, 5.74) is 2.03. The van der Waals surface area contributed by atoms with Crippen molar-refractivity contribution < 1.29 is 19.1 Å². The maximum absolute atomic E-state index is 12.8. The highest BCUT2D eigenvalue weighted by molar-refractivity contribution is 6.04. The summed E-state index contributed by atoms with van der Waals surface area (Å²) in [5, 5.41) is 5.64. The van der Waals surface area contributed by atoms with Crippen LogP contribution < -0.4 is 10.6 Å². The summed E-state index contributed by atoms with van der Waals surface area (Å²) in [6.07, 6.45) is 12.3. The molecule has 0 aliphatic carbocycles. The number of rotatable bonds is 13. The summed E-state index contributed by atoms with van der Waals surface area (Å²) in [4.78, 5) is 25.4. The Kier molecular flexibility index (Phi) is 14.3. The number of nitrogens with one attached hydrogen (secondary N) is 2. The van der Waals surface area contributed by atoms with Crippen molar-refractivity contribution in [2.45, 2.75) is 40.5 Å². The van der Waals surface area contributed by atoms with Gasteiger partial charge in [-0.3, -0.25) is 9.59 Å². The molecule has 0 unspecified atom stereocenters. The Hall–Kier alpha value is -3.02. The highest BCUT2D eigenvalue weighted by atomic mass is 16.5. The van der Waals surface area contributed by atoms with Crippen molar-refractivity contribution in [2.24, 2.45) is 0 Å². The minimum atomic E-state index is -0.342. The van der Waals surface area contributed by atoms with Crippen LogP contribution in [0.25, 0.3) is 0 Å². The van der Waals surface area contributed by atoms with Crippen LogP contribution in [0.5, 0.6) is 0 Å². The zero-order valence-corrected chi connectivity index (χ0v) is 19.1. The van der Waals surface area contributed by atoms with Crippen molar-refractivity contribution in [1.82, 2.24) is 10.6 Å². The predicted molar refractivity (Wildman–Crippen MR) is 123 cm³/mol. The van der Waals surface area contributed by atoms with Gasteiger partial charge in [-0.2, -0.15) is 0 Å². The smallest absolute Gasteiger partial charge is 0.252 e. The molecular formula is C24H36N2O4. The Bertz CT molecular complexity index is 740. The highest BCUT2D eigenvalue weighted by Crippen LogP contribution is 2.21. The van der Waals surface area contributed by atoms with E-state index in [-0.39, 0.29) is 23.9 Å². The zero-order valence-electron chi connectivity index (χ0n) is 19.1. The van der Waals surface area contributed by atoms with Crippen molar-refractivity contribution in [1.29, 1.82) is 0 Å². The van der Waals surface area contributed by atoms with E-state index in [0.29, 0.717) is 23.5 Å². The van der Waals surface area contributed by atoms with Gasteiger partial charge in [0.1, 0.15) is 5.76 Å². The molecule has 6 nitrogen and oxygen atoms in total. The number of ether oxygens (including phenoxy) is 2. The van der Waals surface area contributed by atoms with E-state index in [0.717, 1.165) is 18.4 Å². The van der Waals surface area contributed by atoms with Gasteiger partial charge in [-0.25, -0.2) is 0 Å². The van der Waals surface area contributed by atoms with Crippen LogP contribution >= 0.6 is 0 Å². The SMILES string of the molecule is C=C(C(=O)NC/C(=C/CC)OC)/C(C)=C(C(=O)NC/C=C/C=C\OC)\C(C)=C/CC. The fourth-order valence-electron chi connectivity index (χ4n) is 2.61. The Morgan fingerprint density at radius 3 is 2.20 bits per heavy atom. The standard InChI is InChI=1S/C24H36N2O4/c1-8-13-18(3)22(24(28)25-15-11-10-12-16-29-6)19(4)20(5)23(27)26-17-21(30-7)14-9-2/h10-14,16H,5,8-9,15,17H2,1-4,6-7H3,(H,25,28)(H,26,27)/b11-10+,16-12-,18-13-,21-14-,22-19+. The maximum atomic E-state index is 12.8. The Balaban J connectivity index is 5.46. The average Bonchev–Trinajstić information content (AvgIpc) is 2.72. The lowest BCUT2D eigenvalue weighted by molar-refractivity contribution is -0.117. The number of hydrogen-bond donors (Lipinski definition) is 2. The van der Waals surface area contributed by atoms with Crippen molar-refractivity contribution >= 4 is 11.8 Å². The molecule has 0 radical (unpaired) electrons. The van der Waals surface area contributed by atoms with E-state index in [1.807, 2.05) is 32.9 Å². The molecule has 166 valence electrons. The van der Waals surface area contributed by atoms with E-state index in [1.54, 1.807) is 39.4 Å². The van der Waals surface area contributed by atoms with E-state index in [1.165, 1.54) is 6.26 Å². The van der Waals surface area contributed by atoms with Gasteiger partial charge in [0.25, 0.3) is 11.8 Å². The van der Waals surface area contributed by atoms with Crippen LogP contribution in [0.1, 0.15) is 40.5 Å². The van der Waals surface area contributed by atoms with E-state index < -0.39 is 0 Å². The van der Waals surface area contributed by atoms with Crippen LogP contribution in [-0.2, 0) is 19.1 Å². The molecule has 30 heavy (non-hydrogen) atoms. The molecule has 0 bridgehead atoms. The quantitative estimate of drug-likeness (QED) is 0.269. The van der Waals surface area contributed by atoms with Gasteiger partial charge in [0.15, 0.2) is 0 Å². The largest absolute Gasteiger partial charge is 0.504 e. The second-order valence-corrected chi connectivity index (χ2v) is 6.44. The number of amides is 2. The van der Waals surface area contributed by atoms with Crippen LogP contribution in [0.4, 0.5) is 0 Å². The van der Waals surface area contributed by atoms with Crippen molar-refractivity contribution in [3.05, 3.63) is 71.3 Å². The van der Waals surface area contributed by atoms with E-state index in [9.17, 15) is 9.59 Å². The lowest BCUT2D eigenvalue weighted by Gasteiger charge is -2.15. The summed E-state index contributed by atoms with van der Waals surface area (Å²) < 4.78 is 10.0. The molecule has 0 spiro atoms. The minimum absolute atomic E-state index is 0.245. The molecule has 0 aliphatic rings. The Labute approximate surface area is 181 Å². The second kappa shape index (κ2) is 15.9. The van der Waals surface area contributed by atoms with Crippen molar-refractivity contribution in [2.75, 3.05) is 27.3 Å². The molecule has 0 saturated carbocycles. The lowest BCUT2D eigenvalue weighted by atomic mass is 9.95. The van der Waals surface area contributed by atoms with Crippen LogP contribution in [0.3, 0.4) is 0 Å².